The summed E-state index contributed by atoms with van der Waals surface area (Å²) in [4.78, 5) is 0. The molecule has 0 aromatic heterocycles. The molecule has 2 nitrogen and oxygen atoms in total. The van der Waals surface area contributed by atoms with E-state index in [1.807, 2.05) is 0 Å². The average molecular weight is 310 g/mol. The lowest BCUT2D eigenvalue weighted by Crippen LogP contribution is -2.13. The van der Waals surface area contributed by atoms with Crippen LogP contribution in [0.2, 0.25) is 0 Å². The van der Waals surface area contributed by atoms with Gasteiger partial charge in [0.05, 0.1) is 0 Å². The van der Waals surface area contributed by atoms with Crippen LogP contribution in [0.1, 0.15) is 51.7 Å². The molecule has 2 atom stereocenters. The zero-order valence-corrected chi connectivity index (χ0v) is 14.9. The number of nitrogens with one attached hydrogen (secondary N) is 2. The Morgan fingerprint density at radius 2 is 1.17 bits per heavy atom. The van der Waals surface area contributed by atoms with Crippen LogP contribution in [0.15, 0.2) is 48.5 Å². The van der Waals surface area contributed by atoms with E-state index in [1.54, 1.807) is 0 Å². The van der Waals surface area contributed by atoms with Crippen molar-refractivity contribution in [1.82, 2.24) is 0 Å². The molecule has 0 saturated carbocycles. The van der Waals surface area contributed by atoms with Crippen molar-refractivity contribution in [2.75, 3.05) is 10.6 Å². The molecule has 2 aromatic rings. The number of rotatable bonds is 8. The molecule has 0 aliphatic rings. The third kappa shape index (κ3) is 5.63. The Morgan fingerprint density at radius 1 is 0.739 bits per heavy atom. The summed E-state index contributed by atoms with van der Waals surface area (Å²) in [6.45, 7) is 8.85. The van der Waals surface area contributed by atoms with Crippen molar-refractivity contribution < 1.29 is 0 Å². The van der Waals surface area contributed by atoms with Crippen molar-refractivity contribution >= 4 is 11.4 Å². The van der Waals surface area contributed by atoms with Crippen LogP contribution in [0.4, 0.5) is 11.4 Å². The largest absolute Gasteiger partial charge is 0.383 e. The van der Waals surface area contributed by atoms with Crippen LogP contribution in [0, 0.1) is 0 Å². The SMILES string of the molecule is CCC(C)Nc1cccc(Cc2cccc(NC(C)CC)c2)c1. The van der Waals surface area contributed by atoms with Gasteiger partial charge in [-0.3, -0.25) is 0 Å². The van der Waals surface area contributed by atoms with Crippen LogP contribution in [-0.4, -0.2) is 12.1 Å². The molecule has 0 amide bonds. The summed E-state index contributed by atoms with van der Waals surface area (Å²) in [6.07, 6.45) is 3.23. The van der Waals surface area contributed by atoms with Crippen LogP contribution >= 0.6 is 0 Å². The fraction of sp³-hybridized carbons (Fsp3) is 0.429. The molecule has 2 aromatic carbocycles. The number of hydrogen-bond donors (Lipinski definition) is 2. The van der Waals surface area contributed by atoms with Gasteiger partial charge in [0.15, 0.2) is 0 Å². The molecule has 0 fully saturated rings. The van der Waals surface area contributed by atoms with Gasteiger partial charge in [-0.05, 0) is 68.5 Å². The van der Waals surface area contributed by atoms with Crippen molar-refractivity contribution in [3.05, 3.63) is 59.7 Å². The van der Waals surface area contributed by atoms with Gasteiger partial charge in [0.25, 0.3) is 0 Å². The van der Waals surface area contributed by atoms with E-state index in [1.165, 1.54) is 22.5 Å². The molecule has 0 radical (unpaired) electrons. The highest BCUT2D eigenvalue weighted by molar-refractivity contribution is 5.50. The molecule has 23 heavy (non-hydrogen) atoms. The molecular formula is C21H30N2. The minimum Gasteiger partial charge on any atom is -0.383 e. The van der Waals surface area contributed by atoms with Gasteiger partial charge in [-0.15, -0.1) is 0 Å². The zero-order valence-electron chi connectivity index (χ0n) is 14.9. The van der Waals surface area contributed by atoms with Gasteiger partial charge in [-0.2, -0.15) is 0 Å². The van der Waals surface area contributed by atoms with Crippen LogP contribution in [0.5, 0.6) is 0 Å². The van der Waals surface area contributed by atoms with Crippen LogP contribution in [-0.2, 0) is 6.42 Å². The van der Waals surface area contributed by atoms with E-state index >= 15 is 0 Å². The Labute approximate surface area is 141 Å². The van der Waals surface area contributed by atoms with E-state index in [-0.39, 0.29) is 0 Å². The molecule has 0 aliphatic carbocycles. The van der Waals surface area contributed by atoms with Crippen molar-refractivity contribution in [3.63, 3.8) is 0 Å². The maximum atomic E-state index is 3.55. The molecule has 0 bridgehead atoms. The van der Waals surface area contributed by atoms with Gasteiger partial charge in [0.2, 0.25) is 0 Å². The minimum absolute atomic E-state index is 0.508. The fourth-order valence-electron chi connectivity index (χ4n) is 2.55. The lowest BCUT2D eigenvalue weighted by atomic mass is 10.0. The lowest BCUT2D eigenvalue weighted by molar-refractivity contribution is 0.763. The third-order valence-corrected chi connectivity index (χ3v) is 4.31. The monoisotopic (exact) mass is 310 g/mol. The zero-order chi connectivity index (χ0) is 16.7. The fourth-order valence-corrected chi connectivity index (χ4v) is 2.55. The van der Waals surface area contributed by atoms with Gasteiger partial charge >= 0.3 is 0 Å². The molecule has 0 heterocycles. The number of hydrogen-bond acceptors (Lipinski definition) is 2. The van der Waals surface area contributed by atoms with E-state index in [9.17, 15) is 0 Å². The average Bonchev–Trinajstić information content (AvgIpc) is 2.55. The highest BCUT2D eigenvalue weighted by Crippen LogP contribution is 2.19. The molecular weight excluding hydrogens is 280 g/mol. The Hall–Kier alpha value is -1.96. The van der Waals surface area contributed by atoms with Gasteiger partial charge in [0.1, 0.15) is 0 Å². The first-order valence-electron chi connectivity index (χ1n) is 8.81. The summed E-state index contributed by atoms with van der Waals surface area (Å²) >= 11 is 0. The summed E-state index contributed by atoms with van der Waals surface area (Å²) in [6, 6.07) is 18.5. The van der Waals surface area contributed by atoms with Crippen molar-refractivity contribution in [3.8, 4) is 0 Å². The second kappa shape index (κ2) is 8.61. The molecule has 0 spiro atoms. The smallest absolute Gasteiger partial charge is 0.0345 e. The number of benzene rings is 2. The summed E-state index contributed by atoms with van der Waals surface area (Å²) in [7, 11) is 0. The summed E-state index contributed by atoms with van der Waals surface area (Å²) in [5.74, 6) is 0. The highest BCUT2D eigenvalue weighted by Gasteiger charge is 2.03. The minimum atomic E-state index is 0.508. The molecule has 0 saturated heterocycles. The lowest BCUT2D eigenvalue weighted by Gasteiger charge is -2.15. The van der Waals surface area contributed by atoms with E-state index in [0.717, 1.165) is 19.3 Å². The van der Waals surface area contributed by atoms with Gasteiger partial charge in [-0.1, -0.05) is 38.1 Å². The van der Waals surface area contributed by atoms with E-state index in [0.29, 0.717) is 12.1 Å². The summed E-state index contributed by atoms with van der Waals surface area (Å²) < 4.78 is 0. The van der Waals surface area contributed by atoms with Crippen LogP contribution < -0.4 is 10.6 Å². The Morgan fingerprint density at radius 3 is 1.57 bits per heavy atom. The molecule has 0 aliphatic heterocycles. The quantitative estimate of drug-likeness (QED) is 0.653. The van der Waals surface area contributed by atoms with E-state index in [4.69, 9.17) is 0 Å². The Kier molecular flexibility index (Phi) is 6.52. The van der Waals surface area contributed by atoms with Gasteiger partial charge < -0.3 is 10.6 Å². The van der Waals surface area contributed by atoms with Gasteiger partial charge in [0, 0.05) is 23.5 Å². The highest BCUT2D eigenvalue weighted by atomic mass is 14.9. The molecule has 124 valence electrons. The van der Waals surface area contributed by atoms with E-state index in [2.05, 4.69) is 86.9 Å². The molecule has 2 rings (SSSR count). The Bertz CT molecular complexity index is 553. The second-order valence-electron chi connectivity index (χ2n) is 6.48. The van der Waals surface area contributed by atoms with E-state index < -0.39 is 0 Å². The summed E-state index contributed by atoms with van der Waals surface area (Å²) in [5, 5.41) is 7.10. The topological polar surface area (TPSA) is 24.1 Å². The normalized spacial score (nSPS) is 13.4. The van der Waals surface area contributed by atoms with Gasteiger partial charge in [-0.25, -0.2) is 0 Å². The number of anilines is 2. The summed E-state index contributed by atoms with van der Waals surface area (Å²) in [5.41, 5.74) is 5.12. The molecule has 2 N–H and O–H groups in total. The molecule has 2 heteroatoms. The van der Waals surface area contributed by atoms with Crippen molar-refractivity contribution in [1.29, 1.82) is 0 Å². The van der Waals surface area contributed by atoms with Crippen molar-refractivity contribution in [2.24, 2.45) is 0 Å². The second-order valence-corrected chi connectivity index (χ2v) is 6.48. The predicted molar refractivity (Wildman–Crippen MR) is 102 cm³/mol. The van der Waals surface area contributed by atoms with Crippen molar-refractivity contribution in [2.45, 2.75) is 59.0 Å². The first-order valence-corrected chi connectivity index (χ1v) is 8.81. The maximum absolute atomic E-state index is 3.55. The Balaban J connectivity index is 2.07. The first-order chi connectivity index (χ1) is 11.1. The first kappa shape index (κ1) is 17.4. The molecule has 2 unspecified atom stereocenters. The van der Waals surface area contributed by atoms with Crippen LogP contribution in [0.3, 0.4) is 0 Å². The standard InChI is InChI=1S/C21H30N2/c1-5-16(3)22-20-11-7-9-18(14-20)13-19-10-8-12-21(15-19)23-17(4)6-2/h7-12,14-17,22-23H,5-6,13H2,1-4H3. The predicted octanol–water partition coefficient (Wildman–Crippen LogP) is 5.70. The maximum Gasteiger partial charge on any atom is 0.0345 e. The third-order valence-electron chi connectivity index (χ3n) is 4.31. The van der Waals surface area contributed by atoms with Crippen LogP contribution in [0.25, 0.3) is 0 Å².